The average Bonchev–Trinajstić information content (AvgIpc) is 1.67. The van der Waals surface area contributed by atoms with Crippen molar-refractivity contribution in [3.63, 3.8) is 0 Å². The average molecular weight is 1740 g/mol. The third kappa shape index (κ3) is 54.0. The molecule has 0 aromatic carbocycles. The number of hydrogen-bond acceptors (Lipinski definition) is 24. The highest BCUT2D eigenvalue weighted by molar-refractivity contribution is 5.73. The molecule has 6 saturated heterocycles. The normalized spacial score (nSPS) is 26.7. The first kappa shape index (κ1) is 142. The topological polar surface area (TPSA) is 320 Å². The summed E-state index contributed by atoms with van der Waals surface area (Å²) in [5, 5.41) is 41.1. The van der Waals surface area contributed by atoms with Crippen molar-refractivity contribution in [3.05, 3.63) is 0 Å². The molecule has 0 aromatic rings. The van der Waals surface area contributed by atoms with Crippen molar-refractivity contribution in [3.8, 4) is 0 Å². The molecule has 24 heteroatoms. The first-order valence-electron chi connectivity index (χ1n) is 41.5. The van der Waals surface area contributed by atoms with Gasteiger partial charge in [0.25, 0.3) is 0 Å². The number of aliphatic hydroxyl groups is 4. The zero-order valence-corrected chi connectivity index (χ0v) is 71.5. The molecule has 730 valence electrons. The molecule has 6 aliphatic heterocycles. The van der Waals surface area contributed by atoms with E-state index in [9.17, 15) is 54.0 Å². The van der Waals surface area contributed by atoms with E-state index >= 15 is 0 Å². The highest BCUT2D eigenvalue weighted by Crippen LogP contribution is 2.42. The first-order valence-corrected chi connectivity index (χ1v) is 41.5. The quantitative estimate of drug-likeness (QED) is 0.0338. The smallest absolute Gasteiger partial charge is 0.309 e. The number of carbonyl (C=O) groups excluding carboxylic acids is 7. The molecule has 0 amide bonds. The number of carbonyl (C=O) groups is 7. The Morgan fingerprint density at radius 1 is 0.400 bits per heavy atom. The summed E-state index contributed by atoms with van der Waals surface area (Å²) in [7, 11) is 4.12. The van der Waals surface area contributed by atoms with Gasteiger partial charge in [-0.3, -0.25) is 33.6 Å². The predicted molar refractivity (Wildman–Crippen MR) is 495 cm³/mol. The van der Waals surface area contributed by atoms with Crippen LogP contribution in [0, 0.1) is 35.5 Å². The summed E-state index contributed by atoms with van der Waals surface area (Å²) in [6.45, 7) is 41.2. The van der Waals surface area contributed by atoms with Crippen molar-refractivity contribution in [1.29, 1.82) is 0 Å². The fourth-order valence-electron chi connectivity index (χ4n) is 16.0. The lowest BCUT2D eigenvalue weighted by Crippen LogP contribution is -2.41. The second kappa shape index (κ2) is 74.0. The zero-order valence-electron chi connectivity index (χ0n) is 71.5. The van der Waals surface area contributed by atoms with Gasteiger partial charge in [0.15, 0.2) is 0 Å². The Morgan fingerprint density at radius 3 is 1.17 bits per heavy atom. The van der Waals surface area contributed by atoms with Crippen LogP contribution in [0.1, 0.15) is 408 Å². The Labute approximate surface area is 739 Å². The molecule has 23 unspecified atom stereocenters. The van der Waals surface area contributed by atoms with Crippen LogP contribution in [0.4, 0.5) is 0 Å². The minimum absolute atomic E-state index is 0. The van der Waals surface area contributed by atoms with Gasteiger partial charge >= 0.3 is 41.8 Å². The second-order valence-corrected chi connectivity index (χ2v) is 32.1. The molecule has 23 atom stereocenters. The monoisotopic (exact) mass is 1740 g/mol. The number of ether oxygens (including phenoxy) is 13. The lowest BCUT2D eigenvalue weighted by atomic mass is 9.79. The molecule has 0 radical (unpaired) electrons. The summed E-state index contributed by atoms with van der Waals surface area (Å²) < 4.78 is 69.9. The standard InChI is InChI=1S/C17H32O4.C14H24O5.2C14H26O4.C13H24O4.C12H22O3.12CH4/c1-7-13-9-12(14(8-2)20-13)10-17(6,19)11-15(18)21-16(3,4)5;1-5-10-7-11(12(6-2)19-10)13(18-9(3)15)8-14(16)17-4;1-5-10-7-11(13(6-2)18-10)12(15)8-14(16)17-9(3)4;1-5-10-8-11(12(6-2)18-10)14(4,16)9-13(15)17-7-3;1-4-11-7-9(12(5-2)17-11)6-10(14)8-13(15)16-3;1-4-10-8-9(11(5-2)15-10)6-7-12(13)14-3;;;;;;;;;;;;/h12-14,19H,7-11H2,1-6H3;10-13H,5-8H2,1-4H3;9-13,15H,5-8H2,1-4H3;10-12,16H,5-9H2,1-4H3;9-12,14H,4-8H2,1-3H3;9-11H,4-8H2,1-3H3;12*1H4. The van der Waals surface area contributed by atoms with E-state index in [4.69, 9.17) is 47.4 Å². The molecule has 0 aromatic heterocycles. The molecule has 0 bridgehead atoms. The molecule has 6 heterocycles. The van der Waals surface area contributed by atoms with Gasteiger partial charge in [-0.05, 0) is 208 Å². The van der Waals surface area contributed by atoms with Crippen LogP contribution in [0.25, 0.3) is 0 Å². The van der Waals surface area contributed by atoms with Gasteiger partial charge in [0.2, 0.25) is 0 Å². The molecule has 0 saturated carbocycles. The van der Waals surface area contributed by atoms with Crippen molar-refractivity contribution in [2.45, 2.75) is 522 Å². The summed E-state index contributed by atoms with van der Waals surface area (Å²) in [5.74, 6) is -0.835. The maximum Gasteiger partial charge on any atom is 0.309 e. The van der Waals surface area contributed by atoms with Crippen molar-refractivity contribution < 1.29 is 116 Å². The van der Waals surface area contributed by atoms with Crippen LogP contribution in [-0.4, -0.2) is 205 Å². The highest BCUT2D eigenvalue weighted by Gasteiger charge is 2.47. The van der Waals surface area contributed by atoms with Crippen molar-refractivity contribution in [2.75, 3.05) is 27.9 Å². The summed E-state index contributed by atoms with van der Waals surface area (Å²) in [5.41, 5.74) is -2.59. The Bertz CT molecular complexity index is 2500. The van der Waals surface area contributed by atoms with Gasteiger partial charge in [0, 0.05) is 31.1 Å². The number of aliphatic hydroxyl groups excluding tert-OH is 2. The van der Waals surface area contributed by atoms with Gasteiger partial charge in [-0.2, -0.15) is 0 Å². The molecule has 6 rings (SSSR count). The lowest BCUT2D eigenvalue weighted by molar-refractivity contribution is -0.161. The van der Waals surface area contributed by atoms with Crippen LogP contribution in [0.3, 0.4) is 0 Å². The van der Waals surface area contributed by atoms with Crippen LogP contribution in [0.15, 0.2) is 0 Å². The Balaban J connectivity index is -0.000000115. The summed E-state index contributed by atoms with van der Waals surface area (Å²) in [6.07, 6.45) is 20.7. The minimum atomic E-state index is -1.04. The zero-order chi connectivity index (χ0) is 82.2. The number of esters is 7. The van der Waals surface area contributed by atoms with E-state index in [1.165, 1.54) is 28.3 Å². The molecule has 0 aliphatic carbocycles. The second-order valence-electron chi connectivity index (χ2n) is 32.1. The molecule has 6 aliphatic rings. The van der Waals surface area contributed by atoms with Gasteiger partial charge in [0.05, 0.1) is 163 Å². The van der Waals surface area contributed by atoms with Crippen molar-refractivity contribution >= 4 is 41.8 Å². The first-order chi connectivity index (χ1) is 50.8. The Morgan fingerprint density at radius 2 is 0.767 bits per heavy atom. The lowest BCUT2D eigenvalue weighted by Gasteiger charge is -2.32. The van der Waals surface area contributed by atoms with E-state index < -0.39 is 35.1 Å². The fraction of sp³-hybridized carbons (Fsp3) is 0.927. The summed E-state index contributed by atoms with van der Waals surface area (Å²) in [4.78, 5) is 79.8. The van der Waals surface area contributed by atoms with E-state index in [2.05, 4.69) is 90.4 Å². The van der Waals surface area contributed by atoms with Crippen molar-refractivity contribution in [1.82, 2.24) is 0 Å². The fourth-order valence-corrected chi connectivity index (χ4v) is 16.0. The van der Waals surface area contributed by atoms with Crippen LogP contribution < -0.4 is 0 Å². The molecular formula is C96H202O24. The van der Waals surface area contributed by atoms with Crippen LogP contribution in [-0.2, 0) is 95.1 Å². The van der Waals surface area contributed by atoms with Gasteiger partial charge in [-0.1, -0.05) is 172 Å². The number of rotatable bonds is 35. The molecule has 0 spiro atoms. The predicted octanol–water partition coefficient (Wildman–Crippen LogP) is 22.2. The largest absolute Gasteiger partial charge is 0.469 e. The van der Waals surface area contributed by atoms with Crippen LogP contribution >= 0.6 is 0 Å². The van der Waals surface area contributed by atoms with Crippen LogP contribution in [0.5, 0.6) is 0 Å². The van der Waals surface area contributed by atoms with Gasteiger partial charge in [-0.25, -0.2) is 0 Å². The Hall–Kier alpha value is -4.11. The van der Waals surface area contributed by atoms with E-state index in [1.807, 2.05) is 41.5 Å². The molecule has 4 N–H and O–H groups in total. The van der Waals surface area contributed by atoms with E-state index in [0.717, 1.165) is 122 Å². The maximum absolute atomic E-state index is 11.9. The van der Waals surface area contributed by atoms with Gasteiger partial charge in [0.1, 0.15) is 11.7 Å². The third-order valence-electron chi connectivity index (χ3n) is 21.6. The van der Waals surface area contributed by atoms with Gasteiger partial charge in [-0.15, -0.1) is 0 Å². The highest BCUT2D eigenvalue weighted by atomic mass is 16.6. The van der Waals surface area contributed by atoms with E-state index in [1.54, 1.807) is 20.8 Å². The van der Waals surface area contributed by atoms with E-state index in [-0.39, 0.29) is 242 Å². The molecular weight excluding hydrogens is 1540 g/mol. The van der Waals surface area contributed by atoms with Gasteiger partial charge < -0.3 is 82.0 Å². The maximum atomic E-state index is 11.9. The van der Waals surface area contributed by atoms with Crippen LogP contribution in [0.2, 0.25) is 0 Å². The summed E-state index contributed by atoms with van der Waals surface area (Å²) >= 11 is 0. The molecule has 120 heavy (non-hydrogen) atoms. The SMILES string of the molecule is C.C.C.C.C.C.C.C.C.C.C.C.CCC1CC(C(CC(=O)OC)OC(C)=O)C(CC)O1.CCC1CC(C(O)CC(=O)OC(C)C)C(CC)O1.CCC1CC(CC(C)(O)CC(=O)OC(C)(C)C)C(CC)O1.CCC1CC(CC(O)CC(=O)OC)C(CC)O1.CCC1CC(CCC(=O)OC)C(CC)O1.CCOC(=O)CC(C)(O)C1CC(CC)OC1CC. The number of hydrogen-bond donors (Lipinski definition) is 4. The number of methoxy groups -OCH3 is 3. The third-order valence-corrected chi connectivity index (χ3v) is 21.6. The summed E-state index contributed by atoms with van der Waals surface area (Å²) in [6, 6.07) is 0. The molecule has 6 fully saturated rings. The molecule has 24 nitrogen and oxygen atoms in total. The van der Waals surface area contributed by atoms with Crippen molar-refractivity contribution in [2.24, 2.45) is 35.5 Å². The Kier molecular flexibility index (Phi) is 87.4. The minimum Gasteiger partial charge on any atom is -0.469 e. The van der Waals surface area contributed by atoms with E-state index in [0.29, 0.717) is 61.9 Å².